The van der Waals surface area contributed by atoms with Gasteiger partial charge >= 0.3 is 5.97 Å². The summed E-state index contributed by atoms with van der Waals surface area (Å²) in [6, 6.07) is 0. The van der Waals surface area contributed by atoms with Gasteiger partial charge in [0, 0.05) is 12.0 Å². The second kappa shape index (κ2) is 4.63. The molecule has 0 aliphatic carbocycles. The van der Waals surface area contributed by atoms with Gasteiger partial charge in [0.2, 0.25) is 0 Å². The smallest absolute Gasteiger partial charge is 0.315 e. The minimum atomic E-state index is -0.945. The third kappa shape index (κ3) is 2.29. The van der Waals surface area contributed by atoms with E-state index in [-0.39, 0.29) is 5.60 Å². The maximum absolute atomic E-state index is 11.2. The average Bonchev–Trinajstić information content (AvgIpc) is 2.80. The van der Waals surface area contributed by atoms with Crippen LogP contribution in [0.5, 0.6) is 0 Å². The van der Waals surface area contributed by atoms with Crippen molar-refractivity contribution in [1.29, 1.82) is 0 Å². The summed E-state index contributed by atoms with van der Waals surface area (Å²) in [7, 11) is 0. The highest BCUT2D eigenvalue weighted by molar-refractivity contribution is 7.09. The van der Waals surface area contributed by atoms with Crippen molar-refractivity contribution in [2.45, 2.75) is 51.0 Å². The molecule has 4 nitrogen and oxygen atoms in total. The number of hydrogen-bond donors (Lipinski definition) is 1. The first-order chi connectivity index (χ1) is 8.36. The average molecular weight is 269 g/mol. The third-order valence-corrected chi connectivity index (χ3v) is 4.69. The Hall–Kier alpha value is -0.940. The first-order valence-corrected chi connectivity index (χ1v) is 7.08. The number of rotatable bonds is 3. The Bertz CT molecular complexity index is 447. The van der Waals surface area contributed by atoms with Crippen molar-refractivity contribution >= 4 is 17.3 Å². The molecule has 18 heavy (non-hydrogen) atoms. The van der Waals surface area contributed by atoms with Crippen LogP contribution in [0, 0.1) is 0 Å². The predicted molar refractivity (Wildman–Crippen MR) is 69.9 cm³/mol. The fourth-order valence-corrected chi connectivity index (χ4v) is 3.15. The number of hydrogen-bond acceptors (Lipinski definition) is 4. The van der Waals surface area contributed by atoms with Gasteiger partial charge in [-0.2, -0.15) is 0 Å². The standard InChI is InChI=1S/C13H19NO3S/c1-12(2,11(15)16)9-8-18-10(14-9)13(3)6-4-5-7-17-13/h8H,4-7H2,1-3H3,(H,15,16). The first kappa shape index (κ1) is 13.5. The van der Waals surface area contributed by atoms with Crippen LogP contribution in [0.4, 0.5) is 0 Å². The third-order valence-electron chi connectivity index (χ3n) is 3.60. The molecule has 1 saturated heterocycles. The topological polar surface area (TPSA) is 59.4 Å². The second-order valence-corrected chi connectivity index (χ2v) is 6.36. The van der Waals surface area contributed by atoms with Gasteiger partial charge in [-0.3, -0.25) is 4.79 Å². The summed E-state index contributed by atoms with van der Waals surface area (Å²) in [4.78, 5) is 15.7. The zero-order chi connectivity index (χ0) is 13.4. The van der Waals surface area contributed by atoms with Crippen molar-refractivity contribution in [2.24, 2.45) is 0 Å². The summed E-state index contributed by atoms with van der Waals surface area (Å²) in [5.41, 5.74) is -0.666. The van der Waals surface area contributed by atoms with Gasteiger partial charge in [-0.25, -0.2) is 4.98 Å². The molecule has 1 aliphatic heterocycles. The molecule has 0 amide bonds. The van der Waals surface area contributed by atoms with Crippen molar-refractivity contribution in [1.82, 2.24) is 4.98 Å². The largest absolute Gasteiger partial charge is 0.481 e. The van der Waals surface area contributed by atoms with E-state index in [1.165, 1.54) is 11.3 Å². The molecule has 1 N–H and O–H groups in total. The Balaban J connectivity index is 2.27. The molecule has 0 radical (unpaired) electrons. The Labute approximate surface area is 111 Å². The van der Waals surface area contributed by atoms with E-state index in [0.717, 1.165) is 30.9 Å². The van der Waals surface area contributed by atoms with E-state index in [4.69, 9.17) is 4.74 Å². The fraction of sp³-hybridized carbons (Fsp3) is 0.692. The van der Waals surface area contributed by atoms with Crippen molar-refractivity contribution in [2.75, 3.05) is 6.61 Å². The van der Waals surface area contributed by atoms with Crippen LogP contribution in [-0.4, -0.2) is 22.7 Å². The minimum Gasteiger partial charge on any atom is -0.481 e. The lowest BCUT2D eigenvalue weighted by Gasteiger charge is -2.32. The predicted octanol–water partition coefficient (Wildman–Crippen LogP) is 2.92. The lowest BCUT2D eigenvalue weighted by molar-refractivity contribution is -0.142. The van der Waals surface area contributed by atoms with Gasteiger partial charge in [0.05, 0.1) is 5.69 Å². The number of ether oxygens (including phenoxy) is 1. The quantitative estimate of drug-likeness (QED) is 0.916. The number of thiazole rings is 1. The summed E-state index contributed by atoms with van der Waals surface area (Å²) in [5.74, 6) is -0.853. The van der Waals surface area contributed by atoms with Gasteiger partial charge in [-0.1, -0.05) is 0 Å². The number of carbonyl (C=O) groups is 1. The van der Waals surface area contributed by atoms with Crippen molar-refractivity contribution in [3.05, 3.63) is 16.1 Å². The van der Waals surface area contributed by atoms with E-state index in [0.29, 0.717) is 5.69 Å². The van der Waals surface area contributed by atoms with Crippen molar-refractivity contribution in [3.8, 4) is 0 Å². The number of carboxylic acid groups (broad SMARTS) is 1. The van der Waals surface area contributed by atoms with Crippen LogP contribution in [0.2, 0.25) is 0 Å². The number of nitrogens with zero attached hydrogens (tertiary/aromatic N) is 1. The monoisotopic (exact) mass is 269 g/mol. The van der Waals surface area contributed by atoms with E-state index < -0.39 is 11.4 Å². The molecular weight excluding hydrogens is 250 g/mol. The van der Waals surface area contributed by atoms with E-state index in [1.807, 2.05) is 12.3 Å². The lowest BCUT2D eigenvalue weighted by Crippen LogP contribution is -2.32. The van der Waals surface area contributed by atoms with Crippen LogP contribution < -0.4 is 0 Å². The van der Waals surface area contributed by atoms with Gasteiger partial charge in [-0.15, -0.1) is 11.3 Å². The highest BCUT2D eigenvalue weighted by atomic mass is 32.1. The fourth-order valence-electron chi connectivity index (χ4n) is 2.02. The van der Waals surface area contributed by atoms with Gasteiger partial charge in [0.1, 0.15) is 16.0 Å². The molecule has 0 saturated carbocycles. The minimum absolute atomic E-state index is 0.338. The van der Waals surface area contributed by atoms with E-state index in [9.17, 15) is 9.90 Å². The SMILES string of the molecule is CC1(c2nc(C(C)(C)C(=O)O)cs2)CCCCO1. The molecule has 1 aromatic heterocycles. The lowest BCUT2D eigenvalue weighted by atomic mass is 9.90. The van der Waals surface area contributed by atoms with E-state index in [1.54, 1.807) is 13.8 Å². The molecule has 1 unspecified atom stereocenters. The van der Waals surface area contributed by atoms with Gasteiger partial charge in [0.25, 0.3) is 0 Å². The van der Waals surface area contributed by atoms with E-state index >= 15 is 0 Å². The van der Waals surface area contributed by atoms with Gasteiger partial charge in [-0.05, 0) is 40.0 Å². The molecule has 0 spiro atoms. The zero-order valence-corrected chi connectivity index (χ0v) is 11.8. The molecule has 0 bridgehead atoms. The van der Waals surface area contributed by atoms with Crippen LogP contribution in [-0.2, 0) is 20.5 Å². The van der Waals surface area contributed by atoms with Crippen molar-refractivity contribution in [3.63, 3.8) is 0 Å². The Morgan fingerprint density at radius 2 is 2.28 bits per heavy atom. The highest BCUT2D eigenvalue weighted by Crippen LogP contribution is 2.38. The molecule has 2 heterocycles. The van der Waals surface area contributed by atoms with Gasteiger partial charge in [0.15, 0.2) is 0 Å². The number of aliphatic carboxylic acids is 1. The Morgan fingerprint density at radius 3 is 2.83 bits per heavy atom. The van der Waals surface area contributed by atoms with Crippen LogP contribution in [0.15, 0.2) is 5.38 Å². The molecule has 1 fully saturated rings. The molecule has 100 valence electrons. The molecule has 1 aliphatic rings. The normalized spacial score (nSPS) is 25.1. The maximum atomic E-state index is 11.2. The summed E-state index contributed by atoms with van der Waals surface area (Å²) in [6.07, 6.45) is 3.18. The summed E-state index contributed by atoms with van der Waals surface area (Å²) in [6.45, 7) is 6.16. The van der Waals surface area contributed by atoms with E-state index in [2.05, 4.69) is 4.98 Å². The second-order valence-electron chi connectivity index (χ2n) is 5.50. The summed E-state index contributed by atoms with van der Waals surface area (Å²) in [5, 5.41) is 11.9. The molecule has 2 rings (SSSR count). The zero-order valence-electron chi connectivity index (χ0n) is 11.0. The van der Waals surface area contributed by atoms with Crippen molar-refractivity contribution < 1.29 is 14.6 Å². The van der Waals surface area contributed by atoms with Crippen LogP contribution >= 0.6 is 11.3 Å². The Morgan fingerprint density at radius 1 is 1.56 bits per heavy atom. The number of aromatic nitrogens is 1. The van der Waals surface area contributed by atoms with Crippen LogP contribution in [0.25, 0.3) is 0 Å². The summed E-state index contributed by atoms with van der Waals surface area (Å²) < 4.78 is 5.84. The highest BCUT2D eigenvalue weighted by Gasteiger charge is 2.37. The molecule has 1 aromatic rings. The maximum Gasteiger partial charge on any atom is 0.315 e. The molecular formula is C13H19NO3S. The summed E-state index contributed by atoms with van der Waals surface area (Å²) >= 11 is 1.50. The van der Waals surface area contributed by atoms with Gasteiger partial charge < -0.3 is 9.84 Å². The first-order valence-electron chi connectivity index (χ1n) is 6.20. The molecule has 1 atom stereocenters. The van der Waals surface area contributed by atoms with Crippen LogP contribution in [0.1, 0.15) is 50.7 Å². The Kier molecular flexibility index (Phi) is 3.47. The molecule has 0 aromatic carbocycles. The van der Waals surface area contributed by atoms with Crippen LogP contribution in [0.3, 0.4) is 0 Å². The molecule has 5 heteroatoms. The number of carboxylic acids is 1.